The van der Waals surface area contributed by atoms with Crippen LogP contribution in [0, 0.1) is 0 Å². The summed E-state index contributed by atoms with van der Waals surface area (Å²) >= 11 is 0. The molecule has 0 atom stereocenters. The Morgan fingerprint density at radius 1 is 1.36 bits per heavy atom. The number of carbonyl (C=O) groups excluding carboxylic acids is 1. The van der Waals surface area contributed by atoms with E-state index in [2.05, 4.69) is 10.1 Å². The van der Waals surface area contributed by atoms with Gasteiger partial charge in [-0.3, -0.25) is 9.69 Å². The highest BCUT2D eigenvalue weighted by Crippen LogP contribution is 2.20. The molecule has 2 N–H and O–H groups in total. The van der Waals surface area contributed by atoms with E-state index in [9.17, 15) is 4.79 Å². The minimum atomic E-state index is -0.386. The van der Waals surface area contributed by atoms with Gasteiger partial charge >= 0.3 is 0 Å². The number of rotatable bonds is 7. The van der Waals surface area contributed by atoms with Crippen molar-refractivity contribution in [2.45, 2.75) is 26.4 Å². The number of hydrogen-bond donors (Lipinski definition) is 1. The Kier molecular flexibility index (Phi) is 5.11. The molecule has 118 valence electrons. The summed E-state index contributed by atoms with van der Waals surface area (Å²) in [5.74, 6) is 1.32. The zero-order chi connectivity index (χ0) is 16.1. The molecular formula is C15H20N4O3. The van der Waals surface area contributed by atoms with Crippen LogP contribution in [0.25, 0.3) is 11.4 Å². The average molecular weight is 304 g/mol. The van der Waals surface area contributed by atoms with Crippen LogP contribution < -0.4 is 10.5 Å². The Morgan fingerprint density at radius 3 is 2.59 bits per heavy atom. The molecule has 1 heterocycles. The van der Waals surface area contributed by atoms with Crippen LogP contribution in [0.4, 0.5) is 0 Å². The van der Waals surface area contributed by atoms with Gasteiger partial charge in [-0.05, 0) is 38.1 Å². The van der Waals surface area contributed by atoms with Crippen molar-refractivity contribution in [3.05, 3.63) is 30.2 Å². The van der Waals surface area contributed by atoms with E-state index in [0.29, 0.717) is 18.3 Å². The zero-order valence-corrected chi connectivity index (χ0v) is 12.9. The van der Waals surface area contributed by atoms with Crippen LogP contribution >= 0.6 is 0 Å². The van der Waals surface area contributed by atoms with Crippen molar-refractivity contribution in [1.82, 2.24) is 15.0 Å². The Balaban J connectivity index is 2.11. The maximum atomic E-state index is 11.1. The molecule has 0 saturated carbocycles. The van der Waals surface area contributed by atoms with Crippen molar-refractivity contribution in [3.8, 4) is 17.1 Å². The van der Waals surface area contributed by atoms with Crippen molar-refractivity contribution in [2.75, 3.05) is 13.7 Å². The van der Waals surface area contributed by atoms with Gasteiger partial charge in [0.15, 0.2) is 0 Å². The molecule has 1 amide bonds. The number of benzene rings is 1. The SMILES string of the molecule is COc1ccc(-c2noc(CN(CC(N)=O)C(C)C)n2)cc1. The fourth-order valence-electron chi connectivity index (χ4n) is 1.97. The first-order valence-corrected chi connectivity index (χ1v) is 6.99. The lowest BCUT2D eigenvalue weighted by Crippen LogP contribution is -2.38. The second kappa shape index (κ2) is 7.04. The predicted molar refractivity (Wildman–Crippen MR) is 81.0 cm³/mol. The normalized spacial score (nSPS) is 11.1. The monoisotopic (exact) mass is 304 g/mol. The van der Waals surface area contributed by atoms with E-state index in [-0.39, 0.29) is 18.5 Å². The van der Waals surface area contributed by atoms with E-state index in [1.165, 1.54) is 0 Å². The largest absolute Gasteiger partial charge is 0.497 e. The van der Waals surface area contributed by atoms with Gasteiger partial charge < -0.3 is 15.0 Å². The average Bonchev–Trinajstić information content (AvgIpc) is 2.94. The first-order chi connectivity index (χ1) is 10.5. The van der Waals surface area contributed by atoms with Gasteiger partial charge in [-0.25, -0.2) is 0 Å². The summed E-state index contributed by atoms with van der Waals surface area (Å²) in [6, 6.07) is 7.52. The second-order valence-corrected chi connectivity index (χ2v) is 5.21. The number of ether oxygens (including phenoxy) is 1. The number of methoxy groups -OCH3 is 1. The van der Waals surface area contributed by atoms with Gasteiger partial charge in [0.25, 0.3) is 0 Å². The molecule has 0 radical (unpaired) electrons. The van der Waals surface area contributed by atoms with E-state index in [1.807, 2.05) is 43.0 Å². The summed E-state index contributed by atoms with van der Waals surface area (Å²) in [5.41, 5.74) is 6.08. The summed E-state index contributed by atoms with van der Waals surface area (Å²) in [7, 11) is 1.61. The lowest BCUT2D eigenvalue weighted by atomic mass is 10.2. The number of hydrogen-bond acceptors (Lipinski definition) is 6. The van der Waals surface area contributed by atoms with Crippen LogP contribution in [0.3, 0.4) is 0 Å². The van der Waals surface area contributed by atoms with Crippen LogP contribution in [-0.2, 0) is 11.3 Å². The number of nitrogens with zero attached hydrogens (tertiary/aromatic N) is 3. The Labute approximate surface area is 129 Å². The van der Waals surface area contributed by atoms with Gasteiger partial charge in [0.05, 0.1) is 20.2 Å². The smallest absolute Gasteiger partial charge is 0.241 e. The molecule has 0 aliphatic carbocycles. The van der Waals surface area contributed by atoms with Crippen molar-refractivity contribution in [2.24, 2.45) is 5.73 Å². The quantitative estimate of drug-likeness (QED) is 0.831. The van der Waals surface area contributed by atoms with Gasteiger partial charge in [-0.2, -0.15) is 4.98 Å². The third-order valence-electron chi connectivity index (χ3n) is 3.24. The molecule has 0 unspecified atom stereocenters. The minimum absolute atomic E-state index is 0.142. The lowest BCUT2D eigenvalue weighted by molar-refractivity contribution is -0.119. The van der Waals surface area contributed by atoms with Crippen molar-refractivity contribution < 1.29 is 14.1 Å². The summed E-state index contributed by atoms with van der Waals surface area (Å²) < 4.78 is 10.4. The molecule has 22 heavy (non-hydrogen) atoms. The molecule has 0 bridgehead atoms. The lowest BCUT2D eigenvalue weighted by Gasteiger charge is -2.22. The van der Waals surface area contributed by atoms with Gasteiger partial charge in [0, 0.05) is 11.6 Å². The van der Waals surface area contributed by atoms with E-state index >= 15 is 0 Å². The van der Waals surface area contributed by atoms with Crippen molar-refractivity contribution >= 4 is 5.91 Å². The molecule has 0 fully saturated rings. The summed E-state index contributed by atoms with van der Waals surface area (Å²) in [6.07, 6.45) is 0. The molecule has 2 aromatic rings. The van der Waals surface area contributed by atoms with Gasteiger partial charge in [0.1, 0.15) is 5.75 Å². The third kappa shape index (κ3) is 4.05. The molecule has 0 aliphatic heterocycles. The molecule has 7 nitrogen and oxygen atoms in total. The molecule has 1 aromatic heterocycles. The highest BCUT2D eigenvalue weighted by atomic mass is 16.5. The first kappa shape index (κ1) is 16.0. The fourth-order valence-corrected chi connectivity index (χ4v) is 1.97. The molecular weight excluding hydrogens is 284 g/mol. The number of primary amides is 1. The Morgan fingerprint density at radius 2 is 2.05 bits per heavy atom. The molecule has 0 spiro atoms. The van der Waals surface area contributed by atoms with E-state index < -0.39 is 0 Å². The van der Waals surface area contributed by atoms with Gasteiger partial charge in [-0.15, -0.1) is 0 Å². The van der Waals surface area contributed by atoms with Crippen LogP contribution in [0.5, 0.6) is 5.75 Å². The topological polar surface area (TPSA) is 94.5 Å². The first-order valence-electron chi connectivity index (χ1n) is 6.99. The third-order valence-corrected chi connectivity index (χ3v) is 3.24. The standard InChI is InChI=1S/C15H20N4O3/c1-10(2)19(8-13(16)20)9-14-17-15(18-22-14)11-4-6-12(21-3)7-5-11/h4-7,10H,8-9H2,1-3H3,(H2,16,20). The van der Waals surface area contributed by atoms with Crippen LogP contribution in [0.2, 0.25) is 0 Å². The molecule has 7 heteroatoms. The number of nitrogens with two attached hydrogens (primary N) is 1. The number of carbonyl (C=O) groups is 1. The van der Waals surface area contributed by atoms with E-state index in [4.69, 9.17) is 15.0 Å². The number of amides is 1. The summed E-state index contributed by atoms with van der Waals surface area (Å²) in [4.78, 5) is 17.3. The van der Waals surface area contributed by atoms with Crippen LogP contribution in [-0.4, -0.2) is 40.6 Å². The minimum Gasteiger partial charge on any atom is -0.497 e. The Bertz CT molecular complexity index is 622. The molecule has 0 aliphatic rings. The zero-order valence-electron chi connectivity index (χ0n) is 12.9. The van der Waals surface area contributed by atoms with Crippen LogP contribution in [0.15, 0.2) is 28.8 Å². The second-order valence-electron chi connectivity index (χ2n) is 5.21. The highest BCUT2D eigenvalue weighted by Gasteiger charge is 2.17. The summed E-state index contributed by atoms with van der Waals surface area (Å²) in [6.45, 7) is 4.48. The maximum absolute atomic E-state index is 11.1. The van der Waals surface area contributed by atoms with E-state index in [0.717, 1.165) is 11.3 Å². The van der Waals surface area contributed by atoms with Gasteiger partial charge in [0.2, 0.25) is 17.6 Å². The fraction of sp³-hybridized carbons (Fsp3) is 0.400. The van der Waals surface area contributed by atoms with Gasteiger partial charge in [-0.1, -0.05) is 5.16 Å². The maximum Gasteiger partial charge on any atom is 0.241 e. The Hall–Kier alpha value is -2.41. The van der Waals surface area contributed by atoms with Crippen molar-refractivity contribution in [1.29, 1.82) is 0 Å². The van der Waals surface area contributed by atoms with Crippen molar-refractivity contribution in [3.63, 3.8) is 0 Å². The molecule has 0 saturated heterocycles. The van der Waals surface area contributed by atoms with Crippen LogP contribution in [0.1, 0.15) is 19.7 Å². The number of aromatic nitrogens is 2. The van der Waals surface area contributed by atoms with E-state index in [1.54, 1.807) is 7.11 Å². The predicted octanol–water partition coefficient (Wildman–Crippen LogP) is 1.44. The molecule has 2 rings (SSSR count). The molecule has 1 aromatic carbocycles. The highest BCUT2D eigenvalue weighted by molar-refractivity contribution is 5.75. The summed E-state index contributed by atoms with van der Waals surface area (Å²) in [5, 5.41) is 3.96.